The zero-order valence-electron chi connectivity index (χ0n) is 16.7. The number of benzene rings is 1. The van der Waals surface area contributed by atoms with Crippen molar-refractivity contribution in [2.45, 2.75) is 18.9 Å². The Hall–Kier alpha value is -2.70. The highest BCUT2D eigenvalue weighted by atomic mass is 35.5. The van der Waals surface area contributed by atoms with E-state index in [1.54, 1.807) is 30.6 Å². The molecule has 30 heavy (non-hydrogen) atoms. The average Bonchev–Trinajstić information content (AvgIpc) is 3.25. The monoisotopic (exact) mass is 441 g/mol. The molecule has 3 heterocycles. The first-order chi connectivity index (χ1) is 14.5. The van der Waals surface area contributed by atoms with Crippen LogP contribution in [0.2, 0.25) is 10.0 Å². The normalized spacial score (nSPS) is 16.0. The number of anilines is 1. The van der Waals surface area contributed by atoms with Gasteiger partial charge in [-0.25, -0.2) is 9.97 Å². The molecule has 1 aromatic carbocycles. The predicted molar refractivity (Wildman–Crippen MR) is 119 cm³/mol. The van der Waals surface area contributed by atoms with Gasteiger partial charge in [0.2, 0.25) is 5.95 Å². The van der Waals surface area contributed by atoms with E-state index in [9.17, 15) is 4.79 Å². The maximum Gasteiger partial charge on any atom is 0.254 e. The van der Waals surface area contributed by atoms with E-state index in [1.807, 2.05) is 42.2 Å². The number of pyridine rings is 1. The van der Waals surface area contributed by atoms with Gasteiger partial charge in [-0.2, -0.15) is 0 Å². The van der Waals surface area contributed by atoms with Crippen molar-refractivity contribution < 1.29 is 4.79 Å². The van der Waals surface area contributed by atoms with E-state index < -0.39 is 0 Å². The first kappa shape index (κ1) is 20.6. The lowest BCUT2D eigenvalue weighted by molar-refractivity contribution is 0.0733. The maximum absolute atomic E-state index is 13.3. The molecule has 2 aromatic heterocycles. The summed E-state index contributed by atoms with van der Waals surface area (Å²) in [5, 5.41) is 0.797. The van der Waals surface area contributed by atoms with Crippen molar-refractivity contribution in [3.05, 3.63) is 70.2 Å². The Labute approximate surface area is 185 Å². The lowest BCUT2D eigenvalue weighted by Crippen LogP contribution is -2.31. The Morgan fingerprint density at radius 1 is 1.13 bits per heavy atom. The largest absolute Gasteiger partial charge is 0.347 e. The Bertz CT molecular complexity index is 1070. The van der Waals surface area contributed by atoms with Gasteiger partial charge in [0, 0.05) is 50.4 Å². The van der Waals surface area contributed by atoms with Gasteiger partial charge in [-0.15, -0.1) is 0 Å². The average molecular weight is 442 g/mol. The molecular weight excluding hydrogens is 421 g/mol. The first-order valence-electron chi connectivity index (χ1n) is 9.66. The Kier molecular flexibility index (Phi) is 5.88. The molecule has 0 bridgehead atoms. The molecule has 1 atom stereocenters. The minimum Gasteiger partial charge on any atom is -0.347 e. The van der Waals surface area contributed by atoms with Crippen molar-refractivity contribution in [1.29, 1.82) is 0 Å². The van der Waals surface area contributed by atoms with E-state index in [2.05, 4.69) is 9.97 Å². The summed E-state index contributed by atoms with van der Waals surface area (Å²) in [6, 6.07) is 8.68. The second-order valence-corrected chi connectivity index (χ2v) is 8.20. The number of rotatable bonds is 4. The van der Waals surface area contributed by atoms with Gasteiger partial charge >= 0.3 is 0 Å². The Balaban J connectivity index is 1.76. The summed E-state index contributed by atoms with van der Waals surface area (Å²) in [6.07, 6.45) is 7.04. The highest BCUT2D eigenvalue weighted by molar-refractivity contribution is 6.42. The van der Waals surface area contributed by atoms with Gasteiger partial charge in [-0.3, -0.25) is 9.78 Å². The number of aromatic nitrogens is 3. The number of nitrogens with zero attached hydrogens (tertiary/aromatic N) is 5. The number of likely N-dealkylation sites (tertiary alicyclic amines) is 1. The van der Waals surface area contributed by atoms with Crippen LogP contribution in [0.1, 0.15) is 34.9 Å². The van der Waals surface area contributed by atoms with Crippen LogP contribution in [0.4, 0.5) is 5.95 Å². The quantitative estimate of drug-likeness (QED) is 0.576. The van der Waals surface area contributed by atoms with Crippen LogP contribution in [-0.2, 0) is 0 Å². The molecule has 0 aliphatic carbocycles. The van der Waals surface area contributed by atoms with E-state index in [0.717, 1.165) is 29.7 Å². The van der Waals surface area contributed by atoms with Crippen LogP contribution in [0.25, 0.3) is 11.1 Å². The van der Waals surface area contributed by atoms with E-state index in [4.69, 9.17) is 28.2 Å². The van der Waals surface area contributed by atoms with Gasteiger partial charge < -0.3 is 9.80 Å². The third-order valence-electron chi connectivity index (χ3n) is 5.19. The van der Waals surface area contributed by atoms with Gasteiger partial charge in [0.25, 0.3) is 5.91 Å². The zero-order valence-corrected chi connectivity index (χ0v) is 18.2. The molecule has 0 N–H and O–H groups in total. The second-order valence-electron chi connectivity index (χ2n) is 7.38. The summed E-state index contributed by atoms with van der Waals surface area (Å²) >= 11 is 12.2. The molecule has 154 valence electrons. The number of carbonyl (C=O) groups excluding carboxylic acids is 1. The highest BCUT2D eigenvalue weighted by Gasteiger charge is 2.34. The highest BCUT2D eigenvalue weighted by Crippen LogP contribution is 2.38. The van der Waals surface area contributed by atoms with E-state index in [-0.39, 0.29) is 11.9 Å². The fraction of sp³-hybridized carbons (Fsp3) is 0.273. The molecule has 1 fully saturated rings. The van der Waals surface area contributed by atoms with Crippen molar-refractivity contribution in [3.63, 3.8) is 0 Å². The lowest BCUT2D eigenvalue weighted by Gasteiger charge is -2.27. The number of carbonyl (C=O) groups is 1. The fourth-order valence-corrected chi connectivity index (χ4v) is 4.00. The Morgan fingerprint density at radius 3 is 2.60 bits per heavy atom. The van der Waals surface area contributed by atoms with E-state index in [1.165, 1.54) is 0 Å². The van der Waals surface area contributed by atoms with E-state index in [0.29, 0.717) is 28.1 Å². The van der Waals surface area contributed by atoms with E-state index >= 15 is 0 Å². The van der Waals surface area contributed by atoms with Crippen molar-refractivity contribution in [1.82, 2.24) is 19.9 Å². The third kappa shape index (κ3) is 3.98. The van der Waals surface area contributed by atoms with Crippen LogP contribution in [0, 0.1) is 0 Å². The summed E-state index contributed by atoms with van der Waals surface area (Å²) in [5.74, 6) is 0.526. The van der Waals surface area contributed by atoms with Gasteiger partial charge in [0.05, 0.1) is 21.8 Å². The molecule has 6 nitrogen and oxygen atoms in total. The molecule has 3 aromatic rings. The minimum atomic E-state index is -0.156. The molecular formula is C22H21Cl2N5O. The number of hydrogen-bond donors (Lipinski definition) is 0. The molecule has 1 saturated heterocycles. The van der Waals surface area contributed by atoms with Crippen LogP contribution in [0.3, 0.4) is 0 Å². The molecule has 0 unspecified atom stereocenters. The SMILES string of the molecule is CN(C)c1ncc(-c2ccncc2)c([C@@H]2CCCN2C(=O)c2ccc(Cl)c(Cl)c2)n1. The lowest BCUT2D eigenvalue weighted by atomic mass is 10.0. The van der Waals surface area contributed by atoms with Crippen LogP contribution in [-0.4, -0.2) is 46.4 Å². The first-order valence-corrected chi connectivity index (χ1v) is 10.4. The third-order valence-corrected chi connectivity index (χ3v) is 5.93. The molecule has 4 rings (SSSR count). The molecule has 1 amide bonds. The molecule has 8 heteroatoms. The maximum atomic E-state index is 13.3. The minimum absolute atomic E-state index is 0.0817. The molecule has 0 radical (unpaired) electrons. The predicted octanol–water partition coefficient (Wildman–Crippen LogP) is 4.89. The molecule has 0 spiro atoms. The summed E-state index contributed by atoms with van der Waals surface area (Å²) in [7, 11) is 3.80. The standard InChI is InChI=1S/C22H21Cl2N5O/c1-28(2)22-26-13-16(14-7-9-25-10-8-14)20(27-22)19-4-3-11-29(19)21(30)15-5-6-17(23)18(24)12-15/h5-10,12-13,19H,3-4,11H2,1-2H3/t19-/m0/s1. The number of halogens is 2. The summed E-state index contributed by atoms with van der Waals surface area (Å²) < 4.78 is 0. The van der Waals surface area contributed by atoms with Crippen molar-refractivity contribution >= 4 is 35.1 Å². The summed E-state index contributed by atoms with van der Waals surface area (Å²) in [4.78, 5) is 30.5. The number of hydrogen-bond acceptors (Lipinski definition) is 5. The Morgan fingerprint density at radius 2 is 1.90 bits per heavy atom. The second kappa shape index (κ2) is 8.58. The molecule has 1 aliphatic heterocycles. The van der Waals surface area contributed by atoms with Gasteiger partial charge in [-0.05, 0) is 48.7 Å². The van der Waals surface area contributed by atoms with Gasteiger partial charge in [0.15, 0.2) is 0 Å². The fourth-order valence-electron chi connectivity index (χ4n) is 3.70. The van der Waals surface area contributed by atoms with Crippen molar-refractivity contribution in [2.24, 2.45) is 0 Å². The smallest absolute Gasteiger partial charge is 0.254 e. The topological polar surface area (TPSA) is 62.2 Å². The van der Waals surface area contributed by atoms with Crippen LogP contribution >= 0.6 is 23.2 Å². The zero-order chi connectivity index (χ0) is 21.3. The van der Waals surface area contributed by atoms with Crippen LogP contribution < -0.4 is 4.90 Å². The van der Waals surface area contributed by atoms with Gasteiger partial charge in [0.1, 0.15) is 0 Å². The number of amides is 1. The van der Waals surface area contributed by atoms with Crippen molar-refractivity contribution in [2.75, 3.05) is 25.5 Å². The van der Waals surface area contributed by atoms with Gasteiger partial charge in [-0.1, -0.05) is 23.2 Å². The summed E-state index contributed by atoms with van der Waals surface area (Å²) in [6.45, 7) is 0.654. The molecule has 0 saturated carbocycles. The van der Waals surface area contributed by atoms with Crippen molar-refractivity contribution in [3.8, 4) is 11.1 Å². The van der Waals surface area contributed by atoms with Crippen LogP contribution in [0.5, 0.6) is 0 Å². The molecule has 1 aliphatic rings. The van der Waals surface area contributed by atoms with Crippen LogP contribution in [0.15, 0.2) is 48.9 Å². The summed E-state index contributed by atoms with van der Waals surface area (Å²) in [5.41, 5.74) is 3.23.